The van der Waals surface area contributed by atoms with E-state index in [0.717, 1.165) is 18.2 Å². The molecule has 1 aromatic rings. The molecule has 2 N–H and O–H groups in total. The number of benzene rings is 1. The maximum absolute atomic E-state index is 13.4. The minimum absolute atomic E-state index is 0.167. The Morgan fingerprint density at radius 1 is 1.32 bits per heavy atom. The third-order valence-electron chi connectivity index (χ3n) is 2.32. The van der Waals surface area contributed by atoms with Gasteiger partial charge in [0.2, 0.25) is 10.0 Å². The highest BCUT2D eigenvalue weighted by molar-refractivity contribution is 7.89. The number of hydrogen-bond donors (Lipinski definition) is 2. The van der Waals surface area contributed by atoms with E-state index in [1.807, 2.05) is 6.92 Å². The number of alkyl halides is 2. The largest absolute Gasteiger partial charge is 0.313 e. The summed E-state index contributed by atoms with van der Waals surface area (Å²) >= 11 is 0. The second kappa shape index (κ2) is 6.88. The van der Waals surface area contributed by atoms with E-state index in [0.29, 0.717) is 6.54 Å². The average Bonchev–Trinajstić information content (AvgIpc) is 2.35. The van der Waals surface area contributed by atoms with Crippen LogP contribution in [0.5, 0.6) is 0 Å². The predicted octanol–water partition coefficient (Wildman–Crippen LogP) is 1.48. The second-order valence-electron chi connectivity index (χ2n) is 3.78. The van der Waals surface area contributed by atoms with E-state index in [1.165, 1.54) is 0 Å². The molecule has 0 unspecified atom stereocenters. The average molecular weight is 296 g/mol. The zero-order chi connectivity index (χ0) is 14.5. The van der Waals surface area contributed by atoms with Gasteiger partial charge in [-0.15, -0.1) is 0 Å². The summed E-state index contributed by atoms with van der Waals surface area (Å²) in [7, 11) is -4.04. The third-order valence-corrected chi connectivity index (χ3v) is 3.74. The van der Waals surface area contributed by atoms with Crippen LogP contribution in [0.3, 0.4) is 0 Å². The topological polar surface area (TPSA) is 58.2 Å². The lowest BCUT2D eigenvalue weighted by Crippen LogP contribution is -2.28. The zero-order valence-corrected chi connectivity index (χ0v) is 11.1. The summed E-state index contributed by atoms with van der Waals surface area (Å²) in [5.74, 6) is -0.547. The van der Waals surface area contributed by atoms with Gasteiger partial charge in [-0.3, -0.25) is 0 Å². The van der Waals surface area contributed by atoms with E-state index in [-0.39, 0.29) is 17.0 Å². The summed E-state index contributed by atoms with van der Waals surface area (Å²) in [6.45, 7) is 1.62. The first-order chi connectivity index (χ1) is 8.86. The van der Waals surface area contributed by atoms with Crippen LogP contribution in [0, 0.1) is 5.82 Å². The molecule has 19 heavy (non-hydrogen) atoms. The van der Waals surface area contributed by atoms with E-state index in [9.17, 15) is 21.6 Å². The van der Waals surface area contributed by atoms with Crippen LogP contribution in [0.4, 0.5) is 13.2 Å². The minimum atomic E-state index is -4.04. The first-order valence-corrected chi connectivity index (χ1v) is 7.12. The van der Waals surface area contributed by atoms with Crippen molar-refractivity contribution in [2.24, 2.45) is 0 Å². The second-order valence-corrected chi connectivity index (χ2v) is 5.54. The molecular weight excluding hydrogens is 281 g/mol. The van der Waals surface area contributed by atoms with Crippen molar-refractivity contribution in [1.82, 2.24) is 10.0 Å². The first-order valence-electron chi connectivity index (χ1n) is 5.63. The zero-order valence-electron chi connectivity index (χ0n) is 10.3. The summed E-state index contributed by atoms with van der Waals surface area (Å²) in [5.41, 5.74) is 0.168. The van der Waals surface area contributed by atoms with Gasteiger partial charge in [0.05, 0.1) is 11.4 Å². The monoisotopic (exact) mass is 296 g/mol. The third kappa shape index (κ3) is 4.81. The number of hydrogen-bond acceptors (Lipinski definition) is 3. The SMILES string of the molecule is CCNCc1cc(S(=O)(=O)NCC(F)F)ccc1F. The smallest absolute Gasteiger partial charge is 0.251 e. The van der Waals surface area contributed by atoms with Crippen LogP contribution < -0.4 is 10.0 Å². The Labute approximate surface area is 110 Å². The lowest BCUT2D eigenvalue weighted by atomic mass is 10.2. The molecule has 0 aliphatic heterocycles. The van der Waals surface area contributed by atoms with Crippen molar-refractivity contribution in [2.75, 3.05) is 13.1 Å². The van der Waals surface area contributed by atoms with Gasteiger partial charge in [-0.25, -0.2) is 26.3 Å². The Morgan fingerprint density at radius 3 is 2.58 bits per heavy atom. The van der Waals surface area contributed by atoms with Crippen molar-refractivity contribution in [3.63, 3.8) is 0 Å². The van der Waals surface area contributed by atoms with Gasteiger partial charge in [-0.2, -0.15) is 0 Å². The Morgan fingerprint density at radius 2 is 2.00 bits per heavy atom. The molecule has 0 bridgehead atoms. The van der Waals surface area contributed by atoms with Gasteiger partial charge < -0.3 is 5.32 Å². The van der Waals surface area contributed by atoms with Gasteiger partial charge in [0.25, 0.3) is 6.43 Å². The molecule has 0 atom stereocenters. The standard InChI is InChI=1S/C11H15F3N2O2S/c1-2-15-6-8-5-9(3-4-10(8)12)19(17,18)16-7-11(13)14/h3-5,11,15-16H,2,6-7H2,1H3. The summed E-state index contributed by atoms with van der Waals surface area (Å²) in [5, 5.41) is 2.86. The summed E-state index contributed by atoms with van der Waals surface area (Å²) in [6.07, 6.45) is -2.78. The van der Waals surface area contributed by atoms with E-state index in [4.69, 9.17) is 0 Å². The van der Waals surface area contributed by atoms with Crippen molar-refractivity contribution in [3.8, 4) is 0 Å². The molecule has 0 saturated heterocycles. The summed E-state index contributed by atoms with van der Waals surface area (Å²) in [6, 6.07) is 3.17. The lowest BCUT2D eigenvalue weighted by molar-refractivity contribution is 0.153. The van der Waals surface area contributed by atoms with E-state index in [2.05, 4.69) is 5.32 Å². The summed E-state index contributed by atoms with van der Waals surface area (Å²) in [4.78, 5) is -0.234. The molecule has 0 amide bonds. The molecule has 0 aliphatic carbocycles. The van der Waals surface area contributed by atoms with E-state index in [1.54, 1.807) is 4.72 Å². The van der Waals surface area contributed by atoms with Crippen molar-refractivity contribution >= 4 is 10.0 Å². The molecule has 1 rings (SSSR count). The number of sulfonamides is 1. The van der Waals surface area contributed by atoms with Crippen molar-refractivity contribution in [3.05, 3.63) is 29.6 Å². The Hall–Kier alpha value is -1.12. The maximum atomic E-state index is 13.4. The highest BCUT2D eigenvalue weighted by Gasteiger charge is 2.17. The Balaban J connectivity index is 2.94. The molecule has 4 nitrogen and oxygen atoms in total. The lowest BCUT2D eigenvalue weighted by Gasteiger charge is -2.09. The molecule has 0 radical (unpaired) electrons. The molecule has 0 heterocycles. The molecule has 8 heteroatoms. The molecule has 0 fully saturated rings. The van der Waals surface area contributed by atoms with Crippen LogP contribution in [0.25, 0.3) is 0 Å². The molecule has 1 aromatic carbocycles. The summed E-state index contributed by atoms with van der Waals surface area (Å²) < 4.78 is 62.5. The molecule has 0 aliphatic rings. The number of rotatable bonds is 7. The van der Waals surface area contributed by atoms with Gasteiger partial charge in [0.15, 0.2) is 0 Å². The van der Waals surface area contributed by atoms with E-state index >= 15 is 0 Å². The van der Waals surface area contributed by atoms with Crippen molar-refractivity contribution in [2.45, 2.75) is 24.8 Å². The number of nitrogens with one attached hydrogen (secondary N) is 2. The van der Waals surface area contributed by atoms with E-state index < -0.39 is 28.8 Å². The molecule has 0 spiro atoms. The van der Waals surface area contributed by atoms with Crippen molar-refractivity contribution < 1.29 is 21.6 Å². The fraction of sp³-hybridized carbons (Fsp3) is 0.455. The van der Waals surface area contributed by atoms with Gasteiger partial charge in [0, 0.05) is 12.1 Å². The van der Waals surface area contributed by atoms with Gasteiger partial charge in [-0.05, 0) is 24.7 Å². The van der Waals surface area contributed by atoms with Crippen LogP contribution in [-0.2, 0) is 16.6 Å². The fourth-order valence-corrected chi connectivity index (χ4v) is 2.43. The Bertz CT molecular complexity index is 521. The Kier molecular flexibility index (Phi) is 5.77. The minimum Gasteiger partial charge on any atom is -0.313 e. The van der Waals surface area contributed by atoms with Crippen LogP contribution in [-0.4, -0.2) is 27.9 Å². The number of halogens is 3. The van der Waals surface area contributed by atoms with Crippen molar-refractivity contribution in [1.29, 1.82) is 0 Å². The van der Waals surface area contributed by atoms with Gasteiger partial charge in [0.1, 0.15) is 5.82 Å². The maximum Gasteiger partial charge on any atom is 0.251 e. The molecule has 0 aromatic heterocycles. The predicted molar refractivity (Wildman–Crippen MR) is 65.0 cm³/mol. The van der Waals surface area contributed by atoms with Gasteiger partial charge in [-0.1, -0.05) is 6.92 Å². The van der Waals surface area contributed by atoms with Gasteiger partial charge >= 0.3 is 0 Å². The molecule has 108 valence electrons. The van der Waals surface area contributed by atoms with Crippen LogP contribution in [0.2, 0.25) is 0 Å². The van der Waals surface area contributed by atoms with Crippen LogP contribution in [0.15, 0.2) is 23.1 Å². The molecular formula is C11H15F3N2O2S. The first kappa shape index (κ1) is 15.9. The quantitative estimate of drug-likeness (QED) is 0.801. The highest BCUT2D eigenvalue weighted by Crippen LogP contribution is 2.15. The molecule has 0 saturated carbocycles. The highest BCUT2D eigenvalue weighted by atomic mass is 32.2. The fourth-order valence-electron chi connectivity index (χ4n) is 1.37. The van der Waals surface area contributed by atoms with Crippen LogP contribution >= 0.6 is 0 Å². The normalized spacial score (nSPS) is 12.1. The van der Waals surface area contributed by atoms with Crippen LogP contribution in [0.1, 0.15) is 12.5 Å².